The number of amides is 1. The Hall–Kier alpha value is -2.80. The van der Waals surface area contributed by atoms with Gasteiger partial charge < -0.3 is 14.5 Å². The number of carbonyl (C=O) groups excluding carboxylic acids is 1. The highest BCUT2D eigenvalue weighted by Gasteiger charge is 2.18. The molecule has 7 heteroatoms. The maximum Gasteiger partial charge on any atom is 0.291 e. The van der Waals surface area contributed by atoms with Gasteiger partial charge in [0.05, 0.1) is 23.4 Å². The minimum atomic E-state index is -3.40. The molecule has 3 aromatic rings. The van der Waals surface area contributed by atoms with E-state index in [1.807, 2.05) is 18.2 Å². The first-order valence-corrected chi connectivity index (χ1v) is 9.30. The summed E-state index contributed by atoms with van der Waals surface area (Å²) in [6.07, 6.45) is 0. The van der Waals surface area contributed by atoms with Crippen molar-refractivity contribution in [1.82, 2.24) is 0 Å². The largest absolute Gasteiger partial charge is 0.495 e. The molecule has 0 fully saturated rings. The predicted molar refractivity (Wildman–Crippen MR) is 94.9 cm³/mol. The second kappa shape index (κ2) is 6.60. The third-order valence-corrected chi connectivity index (χ3v) is 5.54. The number of methoxy groups -OCH3 is 1. The zero-order valence-corrected chi connectivity index (χ0v) is 14.6. The highest BCUT2D eigenvalue weighted by atomic mass is 32.2. The van der Waals surface area contributed by atoms with Gasteiger partial charge in [0, 0.05) is 5.39 Å². The topological polar surface area (TPSA) is 85.6 Å². The lowest BCUT2D eigenvalue weighted by Crippen LogP contribution is -2.13. The van der Waals surface area contributed by atoms with E-state index in [0.717, 1.165) is 5.39 Å². The van der Waals surface area contributed by atoms with E-state index in [1.165, 1.54) is 25.3 Å². The number of ether oxygens (including phenoxy) is 1. The van der Waals surface area contributed by atoms with Crippen LogP contribution < -0.4 is 10.1 Å². The maximum absolute atomic E-state index is 12.5. The molecule has 1 amide bonds. The Balaban J connectivity index is 1.95. The summed E-state index contributed by atoms with van der Waals surface area (Å²) in [4.78, 5) is 12.6. The zero-order valence-electron chi connectivity index (χ0n) is 13.8. The van der Waals surface area contributed by atoms with Crippen molar-refractivity contribution in [2.24, 2.45) is 0 Å². The fraction of sp³-hybridized carbons (Fsp3) is 0.167. The van der Waals surface area contributed by atoms with Gasteiger partial charge in [-0.3, -0.25) is 4.79 Å². The fourth-order valence-corrected chi connectivity index (χ4v) is 3.33. The second-order valence-electron chi connectivity index (χ2n) is 5.37. The van der Waals surface area contributed by atoms with Gasteiger partial charge in [-0.2, -0.15) is 0 Å². The van der Waals surface area contributed by atoms with Crippen LogP contribution in [0.25, 0.3) is 11.0 Å². The third kappa shape index (κ3) is 3.36. The number of hydrogen-bond donors (Lipinski definition) is 1. The zero-order chi connectivity index (χ0) is 18.0. The normalized spacial score (nSPS) is 11.4. The summed E-state index contributed by atoms with van der Waals surface area (Å²) in [6.45, 7) is 1.56. The molecule has 6 nitrogen and oxygen atoms in total. The Labute approximate surface area is 145 Å². The van der Waals surface area contributed by atoms with Gasteiger partial charge in [-0.05, 0) is 30.3 Å². The Morgan fingerprint density at radius 3 is 2.60 bits per heavy atom. The van der Waals surface area contributed by atoms with Crippen LogP contribution in [0.15, 0.2) is 57.8 Å². The lowest BCUT2D eigenvalue weighted by molar-refractivity contribution is 0.0998. The van der Waals surface area contributed by atoms with Crippen LogP contribution >= 0.6 is 0 Å². The van der Waals surface area contributed by atoms with Gasteiger partial charge in [0.2, 0.25) is 0 Å². The summed E-state index contributed by atoms with van der Waals surface area (Å²) in [5.41, 5.74) is 0.865. The average Bonchev–Trinajstić information content (AvgIpc) is 3.06. The van der Waals surface area contributed by atoms with E-state index >= 15 is 0 Å². The third-order valence-electron chi connectivity index (χ3n) is 3.81. The first kappa shape index (κ1) is 17.0. The molecule has 25 heavy (non-hydrogen) atoms. The molecule has 0 spiro atoms. The molecule has 1 aromatic heterocycles. The van der Waals surface area contributed by atoms with Gasteiger partial charge >= 0.3 is 0 Å². The molecule has 0 aliphatic rings. The molecule has 130 valence electrons. The van der Waals surface area contributed by atoms with Crippen LogP contribution in [0.5, 0.6) is 5.75 Å². The summed E-state index contributed by atoms with van der Waals surface area (Å²) in [7, 11) is -1.95. The summed E-state index contributed by atoms with van der Waals surface area (Å²) in [6, 6.07) is 13.2. The van der Waals surface area contributed by atoms with Gasteiger partial charge in [0.1, 0.15) is 11.3 Å². The van der Waals surface area contributed by atoms with Crippen LogP contribution in [0.1, 0.15) is 17.5 Å². The Morgan fingerprint density at radius 2 is 1.92 bits per heavy atom. The molecule has 2 aromatic carbocycles. The van der Waals surface area contributed by atoms with Gasteiger partial charge in [-0.25, -0.2) is 8.42 Å². The average molecular weight is 359 g/mol. The Kier molecular flexibility index (Phi) is 4.50. The number of para-hydroxylation sites is 1. The number of fused-ring (bicyclic) bond motifs is 1. The van der Waals surface area contributed by atoms with E-state index in [2.05, 4.69) is 5.32 Å². The van der Waals surface area contributed by atoms with E-state index in [1.54, 1.807) is 19.1 Å². The van der Waals surface area contributed by atoms with Crippen LogP contribution in [0, 0.1) is 0 Å². The molecule has 0 unspecified atom stereocenters. The van der Waals surface area contributed by atoms with Gasteiger partial charge in [0.25, 0.3) is 5.91 Å². The Bertz CT molecular complexity index is 1000. The lowest BCUT2D eigenvalue weighted by atomic mass is 10.2. The predicted octanol–water partition coefficient (Wildman–Crippen LogP) is 3.49. The maximum atomic E-state index is 12.5. The molecule has 0 aliphatic heterocycles. The van der Waals surface area contributed by atoms with Crippen molar-refractivity contribution in [1.29, 1.82) is 0 Å². The number of hydrogen-bond acceptors (Lipinski definition) is 5. The molecular formula is C18H17NO5S. The van der Waals surface area contributed by atoms with Crippen molar-refractivity contribution >= 4 is 32.4 Å². The van der Waals surface area contributed by atoms with E-state index < -0.39 is 15.7 Å². The highest BCUT2D eigenvalue weighted by molar-refractivity contribution is 7.91. The molecule has 1 heterocycles. The van der Waals surface area contributed by atoms with Crippen molar-refractivity contribution in [3.63, 3.8) is 0 Å². The van der Waals surface area contributed by atoms with E-state index in [0.29, 0.717) is 11.3 Å². The molecule has 1 N–H and O–H groups in total. The molecule has 0 aliphatic carbocycles. The number of sulfone groups is 1. The Morgan fingerprint density at radius 1 is 1.16 bits per heavy atom. The number of anilines is 1. The van der Waals surface area contributed by atoms with Gasteiger partial charge in [-0.1, -0.05) is 25.1 Å². The van der Waals surface area contributed by atoms with Crippen LogP contribution in [0.2, 0.25) is 0 Å². The van der Waals surface area contributed by atoms with Crippen molar-refractivity contribution in [2.45, 2.75) is 11.8 Å². The second-order valence-corrected chi connectivity index (χ2v) is 7.65. The van der Waals surface area contributed by atoms with E-state index in [-0.39, 0.29) is 22.1 Å². The standard InChI is InChI=1S/C18H17NO5S/c1-3-25(21,22)13-8-9-16(23-2)14(11-13)19-18(20)17-10-12-6-4-5-7-15(12)24-17/h4-11H,3H2,1-2H3,(H,19,20). The molecule has 0 radical (unpaired) electrons. The minimum absolute atomic E-state index is 0.0315. The minimum Gasteiger partial charge on any atom is -0.495 e. The van der Waals surface area contributed by atoms with Crippen molar-refractivity contribution < 1.29 is 22.4 Å². The molecular weight excluding hydrogens is 342 g/mol. The van der Waals surface area contributed by atoms with Crippen LogP contribution in [0.4, 0.5) is 5.69 Å². The summed E-state index contributed by atoms with van der Waals surface area (Å²) in [5.74, 6) is -0.0249. The molecule has 0 saturated carbocycles. The van der Waals surface area contributed by atoms with E-state index in [4.69, 9.17) is 9.15 Å². The fourth-order valence-electron chi connectivity index (χ4n) is 2.42. The van der Waals surface area contributed by atoms with Crippen LogP contribution in [0.3, 0.4) is 0 Å². The first-order valence-electron chi connectivity index (χ1n) is 7.65. The van der Waals surface area contributed by atoms with Crippen LogP contribution in [-0.4, -0.2) is 27.2 Å². The lowest BCUT2D eigenvalue weighted by Gasteiger charge is -2.11. The van der Waals surface area contributed by atoms with Gasteiger partial charge in [0.15, 0.2) is 15.6 Å². The number of benzene rings is 2. The van der Waals surface area contributed by atoms with Crippen molar-refractivity contribution in [3.8, 4) is 5.75 Å². The quantitative estimate of drug-likeness (QED) is 0.754. The molecule has 0 bridgehead atoms. The first-order chi connectivity index (χ1) is 11.9. The summed E-state index contributed by atoms with van der Waals surface area (Å²) < 4.78 is 34.8. The number of rotatable bonds is 5. The molecule has 0 atom stereocenters. The monoisotopic (exact) mass is 359 g/mol. The van der Waals surface area contributed by atoms with Crippen molar-refractivity contribution in [3.05, 3.63) is 54.3 Å². The van der Waals surface area contributed by atoms with E-state index in [9.17, 15) is 13.2 Å². The van der Waals surface area contributed by atoms with Crippen molar-refractivity contribution in [2.75, 3.05) is 18.2 Å². The molecule has 3 rings (SSSR count). The summed E-state index contributed by atoms with van der Waals surface area (Å²) in [5, 5.41) is 3.46. The number of nitrogens with one attached hydrogen (secondary N) is 1. The molecule has 0 saturated heterocycles. The van der Waals surface area contributed by atoms with Gasteiger partial charge in [-0.15, -0.1) is 0 Å². The summed E-state index contributed by atoms with van der Waals surface area (Å²) >= 11 is 0. The smallest absolute Gasteiger partial charge is 0.291 e. The number of furan rings is 1. The SMILES string of the molecule is CCS(=O)(=O)c1ccc(OC)c(NC(=O)c2cc3ccccc3o2)c1. The van der Waals surface area contributed by atoms with Crippen LogP contribution in [-0.2, 0) is 9.84 Å². The highest BCUT2D eigenvalue weighted by Crippen LogP contribution is 2.29. The number of carbonyl (C=O) groups is 1.